The van der Waals surface area contributed by atoms with Gasteiger partial charge >= 0.3 is 12.1 Å². The van der Waals surface area contributed by atoms with Crippen LogP contribution in [0, 0.1) is 0 Å². The van der Waals surface area contributed by atoms with Crippen LogP contribution in [0.2, 0.25) is 0 Å². The van der Waals surface area contributed by atoms with Crippen molar-refractivity contribution in [3.8, 4) is 5.75 Å². The summed E-state index contributed by atoms with van der Waals surface area (Å²) in [5.74, 6) is 0.156. The second kappa shape index (κ2) is 8.89. The first-order chi connectivity index (χ1) is 12.3. The van der Waals surface area contributed by atoms with E-state index in [1.165, 1.54) is 0 Å². The van der Waals surface area contributed by atoms with Crippen LogP contribution >= 0.6 is 0 Å². The van der Waals surface area contributed by atoms with Gasteiger partial charge in [-0.05, 0) is 45.0 Å². The Bertz CT molecular complexity index is 737. The molecule has 1 N–H and O–H groups in total. The smallest absolute Gasteiger partial charge is 0.412 e. The fraction of sp³-hybridized carbons (Fsp3) is 0.300. The molecule has 0 aliphatic rings. The van der Waals surface area contributed by atoms with E-state index in [0.717, 1.165) is 0 Å². The van der Waals surface area contributed by atoms with Crippen molar-refractivity contribution in [2.24, 2.45) is 0 Å². The predicted octanol–water partition coefficient (Wildman–Crippen LogP) is 4.27. The molecular weight excluding hydrogens is 334 g/mol. The Kier molecular flexibility index (Phi) is 6.60. The van der Waals surface area contributed by atoms with E-state index < -0.39 is 17.7 Å². The maximum Gasteiger partial charge on any atom is 0.412 e. The molecule has 0 radical (unpaired) electrons. The highest BCUT2D eigenvalue weighted by molar-refractivity contribution is 5.89. The zero-order valence-electron chi connectivity index (χ0n) is 15.2. The number of carbonyl (C=O) groups excluding carboxylic acids is 2. The molecule has 0 spiro atoms. The molecule has 0 bridgehead atoms. The Morgan fingerprint density at radius 3 is 2.38 bits per heavy atom. The fourth-order valence-electron chi connectivity index (χ4n) is 2.04. The summed E-state index contributed by atoms with van der Waals surface area (Å²) in [7, 11) is 0. The molecule has 0 heterocycles. The molecule has 0 aliphatic heterocycles. The summed E-state index contributed by atoms with van der Waals surface area (Å²) in [6.45, 7) is 5.71. The van der Waals surface area contributed by atoms with Crippen molar-refractivity contribution in [1.29, 1.82) is 0 Å². The van der Waals surface area contributed by atoms with Gasteiger partial charge in [0.15, 0.2) is 0 Å². The van der Waals surface area contributed by atoms with Crippen molar-refractivity contribution in [2.45, 2.75) is 26.4 Å². The lowest BCUT2D eigenvalue weighted by molar-refractivity contribution is 0.0450. The number of nitrogens with one attached hydrogen (secondary N) is 1. The first-order valence-electron chi connectivity index (χ1n) is 8.28. The molecule has 0 aliphatic carbocycles. The first kappa shape index (κ1) is 19.3. The summed E-state index contributed by atoms with van der Waals surface area (Å²) in [5, 5.41) is 2.64. The van der Waals surface area contributed by atoms with Crippen LogP contribution in [0.4, 0.5) is 10.5 Å². The van der Waals surface area contributed by atoms with Gasteiger partial charge in [0.2, 0.25) is 0 Å². The molecule has 2 aromatic carbocycles. The van der Waals surface area contributed by atoms with E-state index in [2.05, 4.69) is 5.32 Å². The van der Waals surface area contributed by atoms with E-state index in [4.69, 9.17) is 14.2 Å². The lowest BCUT2D eigenvalue weighted by Gasteiger charge is -2.19. The second-order valence-corrected chi connectivity index (χ2v) is 6.51. The number of rotatable bonds is 6. The highest BCUT2D eigenvalue weighted by Crippen LogP contribution is 2.18. The van der Waals surface area contributed by atoms with Crippen LogP contribution in [0.15, 0.2) is 54.6 Å². The fourth-order valence-corrected chi connectivity index (χ4v) is 2.04. The summed E-state index contributed by atoms with van der Waals surface area (Å²) in [6.07, 6.45) is -0.536. The number of ether oxygens (including phenoxy) is 3. The number of benzene rings is 2. The third-order valence-electron chi connectivity index (χ3n) is 3.07. The van der Waals surface area contributed by atoms with Crippen LogP contribution in [0.3, 0.4) is 0 Å². The van der Waals surface area contributed by atoms with E-state index in [9.17, 15) is 9.59 Å². The zero-order chi connectivity index (χ0) is 19.0. The molecule has 0 unspecified atom stereocenters. The van der Waals surface area contributed by atoms with E-state index in [0.29, 0.717) is 17.0 Å². The quantitative estimate of drug-likeness (QED) is 0.617. The normalized spacial score (nSPS) is 10.7. The number of hydrogen-bond donors (Lipinski definition) is 1. The average molecular weight is 357 g/mol. The minimum absolute atomic E-state index is 0.122. The summed E-state index contributed by atoms with van der Waals surface area (Å²) in [6, 6.07) is 15.7. The standard InChI is InChI=1S/C20H23NO5/c1-20(2,3)26-19(23)21-16-10-7-11-17(14-16)24-12-13-25-18(22)15-8-5-4-6-9-15/h4-11,14H,12-13H2,1-3H3,(H,21,23). The van der Waals surface area contributed by atoms with Gasteiger partial charge in [0.1, 0.15) is 24.6 Å². The first-order valence-corrected chi connectivity index (χ1v) is 8.28. The summed E-state index contributed by atoms with van der Waals surface area (Å²) in [4.78, 5) is 23.6. The van der Waals surface area contributed by atoms with Gasteiger partial charge in [-0.2, -0.15) is 0 Å². The van der Waals surface area contributed by atoms with Crippen LogP contribution in [-0.2, 0) is 9.47 Å². The van der Waals surface area contributed by atoms with Gasteiger partial charge in [-0.25, -0.2) is 9.59 Å². The monoisotopic (exact) mass is 357 g/mol. The van der Waals surface area contributed by atoms with Crippen molar-refractivity contribution in [3.05, 3.63) is 60.2 Å². The Morgan fingerprint density at radius 1 is 0.962 bits per heavy atom. The molecule has 0 saturated carbocycles. The summed E-state index contributed by atoms with van der Waals surface area (Å²) >= 11 is 0. The number of esters is 1. The van der Waals surface area contributed by atoms with E-state index in [1.807, 2.05) is 6.07 Å². The third-order valence-corrected chi connectivity index (χ3v) is 3.07. The molecule has 0 fully saturated rings. The lowest BCUT2D eigenvalue weighted by Crippen LogP contribution is -2.27. The Balaban J connectivity index is 1.78. The van der Waals surface area contributed by atoms with E-state index in [1.54, 1.807) is 69.3 Å². The van der Waals surface area contributed by atoms with Crippen molar-refractivity contribution in [3.63, 3.8) is 0 Å². The molecule has 2 aromatic rings. The van der Waals surface area contributed by atoms with Crippen molar-refractivity contribution in [1.82, 2.24) is 0 Å². The molecule has 6 heteroatoms. The summed E-state index contributed by atoms with van der Waals surface area (Å²) < 4.78 is 15.9. The van der Waals surface area contributed by atoms with Crippen molar-refractivity contribution in [2.75, 3.05) is 18.5 Å². The highest BCUT2D eigenvalue weighted by Gasteiger charge is 2.16. The lowest BCUT2D eigenvalue weighted by atomic mass is 10.2. The molecule has 2 rings (SSSR count). The van der Waals surface area contributed by atoms with Gasteiger partial charge in [-0.1, -0.05) is 24.3 Å². The van der Waals surface area contributed by atoms with Crippen molar-refractivity contribution >= 4 is 17.7 Å². The Morgan fingerprint density at radius 2 is 1.69 bits per heavy atom. The third kappa shape index (κ3) is 6.84. The zero-order valence-corrected chi connectivity index (χ0v) is 15.2. The second-order valence-electron chi connectivity index (χ2n) is 6.51. The molecule has 26 heavy (non-hydrogen) atoms. The minimum atomic E-state index is -0.569. The van der Waals surface area contributed by atoms with Crippen LogP contribution in [0.1, 0.15) is 31.1 Å². The number of hydrogen-bond acceptors (Lipinski definition) is 5. The highest BCUT2D eigenvalue weighted by atomic mass is 16.6. The average Bonchev–Trinajstić information content (AvgIpc) is 2.58. The molecule has 1 amide bonds. The van der Waals surface area contributed by atoms with Gasteiger partial charge in [0.05, 0.1) is 5.56 Å². The van der Waals surface area contributed by atoms with Crippen molar-refractivity contribution < 1.29 is 23.8 Å². The van der Waals surface area contributed by atoms with Crippen LogP contribution in [0.5, 0.6) is 5.75 Å². The Labute approximate surface area is 153 Å². The van der Waals surface area contributed by atoms with Crippen LogP contribution in [-0.4, -0.2) is 30.9 Å². The van der Waals surface area contributed by atoms with Crippen LogP contribution in [0.25, 0.3) is 0 Å². The van der Waals surface area contributed by atoms with Gasteiger partial charge in [-0.15, -0.1) is 0 Å². The van der Waals surface area contributed by atoms with E-state index in [-0.39, 0.29) is 13.2 Å². The van der Waals surface area contributed by atoms with Gasteiger partial charge < -0.3 is 14.2 Å². The molecular formula is C20H23NO5. The SMILES string of the molecule is CC(C)(C)OC(=O)Nc1cccc(OCCOC(=O)c2ccccc2)c1. The molecule has 0 aromatic heterocycles. The Hall–Kier alpha value is -3.02. The van der Waals surface area contributed by atoms with E-state index >= 15 is 0 Å². The molecule has 0 atom stereocenters. The van der Waals surface area contributed by atoms with Gasteiger partial charge in [-0.3, -0.25) is 5.32 Å². The summed E-state index contributed by atoms with van der Waals surface area (Å²) in [5.41, 5.74) is 0.481. The maximum atomic E-state index is 11.8. The maximum absolute atomic E-state index is 11.8. The largest absolute Gasteiger partial charge is 0.490 e. The predicted molar refractivity (Wildman–Crippen MR) is 98.5 cm³/mol. The van der Waals surface area contributed by atoms with Gasteiger partial charge in [0, 0.05) is 11.8 Å². The van der Waals surface area contributed by atoms with Gasteiger partial charge in [0.25, 0.3) is 0 Å². The number of amides is 1. The number of anilines is 1. The number of carbonyl (C=O) groups is 2. The molecule has 138 valence electrons. The van der Waals surface area contributed by atoms with Crippen LogP contribution < -0.4 is 10.1 Å². The minimum Gasteiger partial charge on any atom is -0.490 e. The molecule has 6 nitrogen and oxygen atoms in total. The molecule has 0 saturated heterocycles. The topological polar surface area (TPSA) is 73.9 Å².